The first-order valence-corrected chi connectivity index (χ1v) is 11.5. The van der Waals surface area contributed by atoms with Crippen LogP contribution in [0, 0.1) is 0 Å². The van der Waals surface area contributed by atoms with Gasteiger partial charge in [0, 0.05) is 22.2 Å². The molecule has 8 heteroatoms. The summed E-state index contributed by atoms with van der Waals surface area (Å²) in [5, 5.41) is 1.06. The first kappa shape index (κ1) is 23.8. The van der Waals surface area contributed by atoms with Gasteiger partial charge in [-0.3, -0.25) is 14.4 Å². The van der Waals surface area contributed by atoms with E-state index in [9.17, 15) is 14.4 Å². The van der Waals surface area contributed by atoms with E-state index in [0.29, 0.717) is 33.7 Å². The molecule has 1 saturated heterocycles. The van der Waals surface area contributed by atoms with Gasteiger partial charge in [-0.15, -0.1) is 0 Å². The molecule has 0 radical (unpaired) electrons. The van der Waals surface area contributed by atoms with Crippen LogP contribution in [0.1, 0.15) is 29.3 Å². The first-order valence-electron chi connectivity index (χ1n) is 10.8. The number of halogens is 2. The molecule has 1 fully saturated rings. The van der Waals surface area contributed by atoms with Crippen molar-refractivity contribution in [1.82, 2.24) is 4.90 Å². The second-order valence-corrected chi connectivity index (χ2v) is 8.65. The van der Waals surface area contributed by atoms with Crippen molar-refractivity contribution in [2.75, 3.05) is 11.5 Å². The van der Waals surface area contributed by atoms with E-state index in [4.69, 9.17) is 27.9 Å². The summed E-state index contributed by atoms with van der Waals surface area (Å²) in [5.74, 6) is -0.551. The van der Waals surface area contributed by atoms with E-state index in [1.807, 2.05) is 6.92 Å². The molecule has 0 saturated carbocycles. The Hall–Kier alpha value is -3.35. The first-order chi connectivity index (χ1) is 16.4. The van der Waals surface area contributed by atoms with Crippen molar-refractivity contribution >= 4 is 46.6 Å². The summed E-state index contributed by atoms with van der Waals surface area (Å²) in [5.41, 5.74) is 1.59. The average Bonchev–Trinajstić information content (AvgIpc) is 3.13. The standard InChI is InChI=1S/C26H22Cl2N2O4/c1-2-34-22-13-11-21(12-14-22)30-24(31)15-23(26(30)33)29(16-17-3-7-19(27)8-4-17)25(32)18-5-9-20(28)10-6-18/h3-14,23H,2,15-16H2,1H3/t23-/m0/s1. The second kappa shape index (κ2) is 10.3. The molecule has 1 aliphatic rings. The molecule has 1 heterocycles. The van der Waals surface area contributed by atoms with E-state index >= 15 is 0 Å². The van der Waals surface area contributed by atoms with Crippen molar-refractivity contribution in [3.8, 4) is 5.75 Å². The summed E-state index contributed by atoms with van der Waals surface area (Å²) < 4.78 is 5.44. The van der Waals surface area contributed by atoms with E-state index in [2.05, 4.69) is 0 Å². The highest BCUT2D eigenvalue weighted by atomic mass is 35.5. The van der Waals surface area contributed by atoms with Crippen molar-refractivity contribution in [1.29, 1.82) is 0 Å². The Kier molecular flexibility index (Phi) is 7.20. The molecule has 34 heavy (non-hydrogen) atoms. The number of ether oxygens (including phenoxy) is 1. The van der Waals surface area contributed by atoms with Gasteiger partial charge in [-0.2, -0.15) is 0 Å². The van der Waals surface area contributed by atoms with Crippen LogP contribution in [0.15, 0.2) is 72.8 Å². The molecular weight excluding hydrogens is 475 g/mol. The van der Waals surface area contributed by atoms with Gasteiger partial charge >= 0.3 is 0 Å². The Balaban J connectivity index is 1.65. The lowest BCUT2D eigenvalue weighted by molar-refractivity contribution is -0.122. The minimum Gasteiger partial charge on any atom is -0.494 e. The van der Waals surface area contributed by atoms with Crippen LogP contribution >= 0.6 is 23.2 Å². The molecule has 0 aromatic heterocycles. The van der Waals surface area contributed by atoms with Crippen LogP contribution in [-0.2, 0) is 16.1 Å². The Bertz CT molecular complexity index is 1190. The number of anilines is 1. The van der Waals surface area contributed by atoms with E-state index in [1.165, 1.54) is 4.90 Å². The summed E-state index contributed by atoms with van der Waals surface area (Å²) in [4.78, 5) is 42.4. The molecule has 0 N–H and O–H groups in total. The maximum atomic E-state index is 13.5. The molecule has 3 aromatic carbocycles. The summed E-state index contributed by atoms with van der Waals surface area (Å²) in [6.07, 6.45) is -0.112. The monoisotopic (exact) mass is 496 g/mol. The quantitative estimate of drug-likeness (QED) is 0.412. The topological polar surface area (TPSA) is 66.9 Å². The van der Waals surface area contributed by atoms with E-state index in [-0.39, 0.29) is 24.8 Å². The zero-order valence-electron chi connectivity index (χ0n) is 18.4. The van der Waals surface area contributed by atoms with Crippen LogP contribution < -0.4 is 9.64 Å². The van der Waals surface area contributed by atoms with Gasteiger partial charge in [-0.1, -0.05) is 35.3 Å². The molecule has 0 aliphatic carbocycles. The third kappa shape index (κ3) is 5.08. The van der Waals surface area contributed by atoms with Gasteiger partial charge in [0.15, 0.2) is 0 Å². The lowest BCUT2D eigenvalue weighted by atomic mass is 10.1. The molecule has 3 amide bonds. The average molecular weight is 497 g/mol. The molecular formula is C26H22Cl2N2O4. The van der Waals surface area contributed by atoms with Crippen LogP contribution in [0.25, 0.3) is 0 Å². The number of carbonyl (C=O) groups excluding carboxylic acids is 3. The third-order valence-corrected chi connectivity index (χ3v) is 6.03. The van der Waals surface area contributed by atoms with Crippen molar-refractivity contribution in [3.05, 3.63) is 94.0 Å². The Morgan fingerprint density at radius 3 is 2.12 bits per heavy atom. The number of imide groups is 1. The lowest BCUT2D eigenvalue weighted by Crippen LogP contribution is -2.45. The number of amides is 3. The molecule has 0 bridgehead atoms. The Labute approximate surface area is 207 Å². The summed E-state index contributed by atoms with van der Waals surface area (Å²) in [7, 11) is 0. The van der Waals surface area contributed by atoms with Crippen LogP contribution in [0.2, 0.25) is 10.0 Å². The molecule has 174 valence electrons. The fraction of sp³-hybridized carbons (Fsp3) is 0.192. The Morgan fingerprint density at radius 1 is 0.941 bits per heavy atom. The number of carbonyl (C=O) groups is 3. The summed E-state index contributed by atoms with van der Waals surface area (Å²) in [6.45, 7) is 2.52. The van der Waals surface area contributed by atoms with Crippen LogP contribution in [0.3, 0.4) is 0 Å². The van der Waals surface area contributed by atoms with Gasteiger partial charge in [0.2, 0.25) is 5.91 Å². The SMILES string of the molecule is CCOc1ccc(N2C(=O)C[C@H](N(Cc3ccc(Cl)cc3)C(=O)c3ccc(Cl)cc3)C2=O)cc1. The number of hydrogen-bond donors (Lipinski definition) is 0. The molecule has 1 aliphatic heterocycles. The lowest BCUT2D eigenvalue weighted by Gasteiger charge is -2.28. The minimum atomic E-state index is -0.946. The molecule has 3 aromatic rings. The highest BCUT2D eigenvalue weighted by Crippen LogP contribution is 2.29. The highest BCUT2D eigenvalue weighted by Gasteiger charge is 2.44. The molecule has 4 rings (SSSR count). The van der Waals surface area contributed by atoms with E-state index in [0.717, 1.165) is 10.5 Å². The van der Waals surface area contributed by atoms with Crippen molar-refractivity contribution in [3.63, 3.8) is 0 Å². The minimum absolute atomic E-state index is 0.112. The largest absolute Gasteiger partial charge is 0.494 e. The zero-order chi connectivity index (χ0) is 24.2. The molecule has 0 spiro atoms. The van der Waals surface area contributed by atoms with Crippen molar-refractivity contribution in [2.45, 2.75) is 25.9 Å². The normalized spacial score (nSPS) is 15.5. The van der Waals surface area contributed by atoms with Gasteiger partial charge in [0.05, 0.1) is 18.7 Å². The van der Waals surface area contributed by atoms with Crippen LogP contribution in [0.4, 0.5) is 5.69 Å². The maximum Gasteiger partial charge on any atom is 0.257 e. The van der Waals surface area contributed by atoms with Gasteiger partial charge in [-0.05, 0) is 73.2 Å². The highest BCUT2D eigenvalue weighted by molar-refractivity contribution is 6.31. The number of rotatable bonds is 7. The van der Waals surface area contributed by atoms with Gasteiger partial charge < -0.3 is 9.64 Å². The third-order valence-electron chi connectivity index (χ3n) is 5.52. The van der Waals surface area contributed by atoms with Gasteiger partial charge in [0.25, 0.3) is 11.8 Å². The zero-order valence-corrected chi connectivity index (χ0v) is 19.9. The van der Waals surface area contributed by atoms with Crippen molar-refractivity contribution in [2.24, 2.45) is 0 Å². The smallest absolute Gasteiger partial charge is 0.257 e. The predicted molar refractivity (Wildman–Crippen MR) is 131 cm³/mol. The fourth-order valence-corrected chi connectivity index (χ4v) is 4.11. The summed E-state index contributed by atoms with van der Waals surface area (Å²) in [6, 6.07) is 19.2. The maximum absolute atomic E-state index is 13.5. The molecule has 6 nitrogen and oxygen atoms in total. The van der Waals surface area contributed by atoms with Crippen LogP contribution in [-0.4, -0.2) is 35.3 Å². The van der Waals surface area contributed by atoms with E-state index in [1.54, 1.807) is 72.8 Å². The summed E-state index contributed by atoms with van der Waals surface area (Å²) >= 11 is 12.0. The van der Waals surface area contributed by atoms with Gasteiger partial charge in [-0.25, -0.2) is 4.90 Å². The predicted octanol–water partition coefficient (Wildman–Crippen LogP) is 5.37. The molecule has 1 atom stereocenters. The number of benzene rings is 3. The molecule has 0 unspecified atom stereocenters. The number of nitrogens with zero attached hydrogens (tertiary/aromatic N) is 2. The Morgan fingerprint density at radius 2 is 1.53 bits per heavy atom. The van der Waals surface area contributed by atoms with Crippen LogP contribution in [0.5, 0.6) is 5.75 Å². The van der Waals surface area contributed by atoms with Gasteiger partial charge in [0.1, 0.15) is 11.8 Å². The van der Waals surface area contributed by atoms with Crippen molar-refractivity contribution < 1.29 is 19.1 Å². The fourth-order valence-electron chi connectivity index (χ4n) is 3.86. The van der Waals surface area contributed by atoms with E-state index < -0.39 is 11.9 Å². The number of hydrogen-bond acceptors (Lipinski definition) is 4. The second-order valence-electron chi connectivity index (χ2n) is 7.78.